The lowest BCUT2D eigenvalue weighted by Crippen LogP contribution is -2.39. The maximum Gasteiger partial charge on any atom is 0.416 e. The summed E-state index contributed by atoms with van der Waals surface area (Å²) in [6.07, 6.45) is -3.72. The molecule has 194 valence electrons. The van der Waals surface area contributed by atoms with Crippen LogP contribution in [0.2, 0.25) is 0 Å². The summed E-state index contributed by atoms with van der Waals surface area (Å²) in [6.45, 7) is 5.80. The van der Waals surface area contributed by atoms with Crippen LogP contribution in [0.15, 0.2) is 78.9 Å². The number of nitrogens with zero attached hydrogens (tertiary/aromatic N) is 1. The molecule has 3 amide bonds. The van der Waals surface area contributed by atoms with E-state index in [1.54, 1.807) is 12.1 Å². The molecule has 0 aromatic heterocycles. The third-order valence-corrected chi connectivity index (χ3v) is 6.42. The lowest BCUT2D eigenvalue weighted by atomic mass is 10.00. The van der Waals surface area contributed by atoms with E-state index in [1.807, 2.05) is 18.2 Å². The summed E-state index contributed by atoms with van der Waals surface area (Å²) in [5, 5.41) is 8.23. The normalized spacial score (nSPS) is 17.3. The van der Waals surface area contributed by atoms with Gasteiger partial charge in [0.15, 0.2) is 0 Å². The fourth-order valence-electron chi connectivity index (χ4n) is 4.56. The molecule has 3 N–H and O–H groups in total. The van der Waals surface area contributed by atoms with Crippen molar-refractivity contribution in [2.45, 2.75) is 44.6 Å². The summed E-state index contributed by atoms with van der Waals surface area (Å²) in [4.78, 5) is 27.7. The SMILES string of the molecule is CC1(C)CC(NC(=O)Nc2cccc(C(=O)Nc3cccc(C(F)(F)F)c3)c2)CN1Cc1ccccc1. The van der Waals surface area contributed by atoms with E-state index in [9.17, 15) is 22.8 Å². The van der Waals surface area contributed by atoms with Crippen molar-refractivity contribution in [3.8, 4) is 0 Å². The second kappa shape index (κ2) is 10.6. The molecule has 1 aliphatic heterocycles. The standard InChI is InChI=1S/C28H29F3N4O2/c1-27(2)16-24(18-35(27)17-19-8-4-3-5-9-19)34-26(37)33-22-12-6-10-20(14-22)25(36)32-23-13-7-11-21(15-23)28(29,30)31/h3-15,24H,16-18H2,1-2H3,(H,32,36)(H2,33,34,37). The Morgan fingerprint density at radius 3 is 2.30 bits per heavy atom. The van der Waals surface area contributed by atoms with Crippen LogP contribution in [-0.2, 0) is 12.7 Å². The number of hydrogen-bond acceptors (Lipinski definition) is 3. The second-order valence-electron chi connectivity index (χ2n) is 9.79. The Morgan fingerprint density at radius 2 is 1.59 bits per heavy atom. The molecular weight excluding hydrogens is 481 g/mol. The zero-order chi connectivity index (χ0) is 26.6. The van der Waals surface area contributed by atoms with Gasteiger partial charge in [0.05, 0.1) is 5.56 Å². The Labute approximate surface area is 213 Å². The topological polar surface area (TPSA) is 73.5 Å². The maximum absolute atomic E-state index is 12.9. The lowest BCUT2D eigenvalue weighted by Gasteiger charge is -2.31. The highest BCUT2D eigenvalue weighted by atomic mass is 19.4. The Hall–Kier alpha value is -3.85. The number of amides is 3. The van der Waals surface area contributed by atoms with Gasteiger partial charge in [0.2, 0.25) is 0 Å². The highest BCUT2D eigenvalue weighted by Gasteiger charge is 2.38. The van der Waals surface area contributed by atoms with Crippen LogP contribution in [-0.4, -0.2) is 35.0 Å². The number of carbonyl (C=O) groups excluding carboxylic acids is 2. The van der Waals surface area contributed by atoms with Gasteiger partial charge in [-0.1, -0.05) is 42.5 Å². The van der Waals surface area contributed by atoms with Crippen LogP contribution in [0.1, 0.15) is 41.8 Å². The summed E-state index contributed by atoms with van der Waals surface area (Å²) in [7, 11) is 0. The van der Waals surface area contributed by atoms with E-state index < -0.39 is 23.7 Å². The van der Waals surface area contributed by atoms with Gasteiger partial charge in [-0.25, -0.2) is 4.79 Å². The molecule has 4 rings (SSSR count). The summed E-state index contributed by atoms with van der Waals surface area (Å²) in [6, 6.07) is 20.4. The van der Waals surface area contributed by atoms with Crippen LogP contribution in [0.4, 0.5) is 29.3 Å². The number of carbonyl (C=O) groups is 2. The minimum Gasteiger partial charge on any atom is -0.334 e. The van der Waals surface area contributed by atoms with E-state index in [4.69, 9.17) is 0 Å². The Bertz CT molecular complexity index is 1260. The van der Waals surface area contributed by atoms with E-state index in [2.05, 4.69) is 46.8 Å². The average molecular weight is 511 g/mol. The van der Waals surface area contributed by atoms with Gasteiger partial charge in [0.25, 0.3) is 5.91 Å². The molecule has 1 unspecified atom stereocenters. The number of nitrogens with one attached hydrogen (secondary N) is 3. The fourth-order valence-corrected chi connectivity index (χ4v) is 4.56. The Morgan fingerprint density at radius 1 is 0.919 bits per heavy atom. The zero-order valence-electron chi connectivity index (χ0n) is 20.6. The lowest BCUT2D eigenvalue weighted by molar-refractivity contribution is -0.137. The average Bonchev–Trinajstić information content (AvgIpc) is 3.11. The predicted molar refractivity (Wildman–Crippen MR) is 137 cm³/mol. The first-order chi connectivity index (χ1) is 17.5. The monoisotopic (exact) mass is 510 g/mol. The molecule has 37 heavy (non-hydrogen) atoms. The van der Waals surface area contributed by atoms with Crippen LogP contribution >= 0.6 is 0 Å². The number of benzene rings is 3. The number of hydrogen-bond donors (Lipinski definition) is 3. The van der Waals surface area contributed by atoms with Gasteiger partial charge in [-0.2, -0.15) is 13.2 Å². The van der Waals surface area contributed by atoms with Crippen LogP contribution in [0.25, 0.3) is 0 Å². The van der Waals surface area contributed by atoms with Crippen molar-refractivity contribution in [1.29, 1.82) is 0 Å². The van der Waals surface area contributed by atoms with Crippen LogP contribution in [0.5, 0.6) is 0 Å². The summed E-state index contributed by atoms with van der Waals surface area (Å²) in [5.74, 6) is -0.586. The first-order valence-corrected chi connectivity index (χ1v) is 11.9. The minimum atomic E-state index is -4.51. The molecule has 1 atom stereocenters. The summed E-state index contributed by atoms with van der Waals surface area (Å²) >= 11 is 0. The molecule has 1 aliphatic rings. The molecule has 0 aliphatic carbocycles. The number of halogens is 3. The van der Waals surface area contributed by atoms with Crippen molar-refractivity contribution >= 4 is 23.3 Å². The molecule has 3 aromatic carbocycles. The third-order valence-electron chi connectivity index (χ3n) is 6.42. The van der Waals surface area contributed by atoms with Gasteiger partial charge >= 0.3 is 12.2 Å². The van der Waals surface area contributed by atoms with Gasteiger partial charge < -0.3 is 16.0 Å². The summed E-state index contributed by atoms with van der Waals surface area (Å²) in [5.41, 5.74) is 0.893. The Kier molecular flexibility index (Phi) is 7.54. The van der Waals surface area contributed by atoms with Crippen molar-refractivity contribution in [1.82, 2.24) is 10.2 Å². The molecule has 6 nitrogen and oxygen atoms in total. The maximum atomic E-state index is 12.9. The van der Waals surface area contributed by atoms with E-state index in [1.165, 1.54) is 29.8 Å². The number of urea groups is 1. The predicted octanol–water partition coefficient (Wildman–Crippen LogP) is 6.13. The quantitative estimate of drug-likeness (QED) is 0.373. The van der Waals surface area contributed by atoms with Crippen molar-refractivity contribution in [2.24, 2.45) is 0 Å². The van der Waals surface area contributed by atoms with E-state index in [0.29, 0.717) is 12.2 Å². The third kappa shape index (κ3) is 6.89. The smallest absolute Gasteiger partial charge is 0.334 e. The molecule has 0 radical (unpaired) electrons. The largest absolute Gasteiger partial charge is 0.416 e. The van der Waals surface area contributed by atoms with Crippen molar-refractivity contribution in [3.05, 3.63) is 95.6 Å². The summed E-state index contributed by atoms with van der Waals surface area (Å²) < 4.78 is 38.8. The van der Waals surface area contributed by atoms with E-state index in [-0.39, 0.29) is 22.8 Å². The highest BCUT2D eigenvalue weighted by molar-refractivity contribution is 6.05. The zero-order valence-corrected chi connectivity index (χ0v) is 20.6. The van der Waals surface area contributed by atoms with Gasteiger partial charge in [-0.15, -0.1) is 0 Å². The number of rotatable bonds is 6. The molecule has 3 aromatic rings. The molecule has 1 heterocycles. The van der Waals surface area contributed by atoms with Gasteiger partial charge in [-0.3, -0.25) is 9.69 Å². The Balaban J connectivity index is 1.34. The molecule has 0 saturated carbocycles. The van der Waals surface area contributed by atoms with Gasteiger partial charge in [0, 0.05) is 41.6 Å². The molecule has 0 bridgehead atoms. The molecule has 9 heteroatoms. The van der Waals surface area contributed by atoms with Crippen LogP contribution < -0.4 is 16.0 Å². The number of likely N-dealkylation sites (tertiary alicyclic amines) is 1. The second-order valence-corrected chi connectivity index (χ2v) is 9.79. The molecule has 1 saturated heterocycles. The van der Waals surface area contributed by atoms with Gasteiger partial charge in [-0.05, 0) is 62.2 Å². The minimum absolute atomic E-state index is 0.0276. The van der Waals surface area contributed by atoms with Crippen molar-refractivity contribution in [2.75, 3.05) is 17.2 Å². The van der Waals surface area contributed by atoms with E-state index in [0.717, 1.165) is 25.1 Å². The van der Waals surface area contributed by atoms with Crippen molar-refractivity contribution < 1.29 is 22.8 Å². The van der Waals surface area contributed by atoms with Gasteiger partial charge in [0.1, 0.15) is 0 Å². The molecular formula is C28H29F3N4O2. The molecule has 1 fully saturated rings. The molecule has 0 spiro atoms. The van der Waals surface area contributed by atoms with Crippen LogP contribution in [0, 0.1) is 0 Å². The first-order valence-electron chi connectivity index (χ1n) is 11.9. The first kappa shape index (κ1) is 26.2. The van der Waals surface area contributed by atoms with Crippen molar-refractivity contribution in [3.63, 3.8) is 0 Å². The highest BCUT2D eigenvalue weighted by Crippen LogP contribution is 2.31. The number of anilines is 2. The van der Waals surface area contributed by atoms with Crippen LogP contribution in [0.3, 0.4) is 0 Å². The fraction of sp³-hybridized carbons (Fsp3) is 0.286. The van der Waals surface area contributed by atoms with E-state index >= 15 is 0 Å². The number of alkyl halides is 3.